The van der Waals surface area contributed by atoms with E-state index in [1.165, 1.54) is 6.07 Å². The second kappa shape index (κ2) is 6.92. The van der Waals surface area contributed by atoms with Crippen molar-refractivity contribution < 1.29 is 4.39 Å². The minimum atomic E-state index is -0.487. The minimum absolute atomic E-state index is 0.00720. The highest BCUT2D eigenvalue weighted by molar-refractivity contribution is 6.42. The molecule has 3 rings (SSSR count). The van der Waals surface area contributed by atoms with E-state index in [1.54, 1.807) is 12.3 Å². The van der Waals surface area contributed by atoms with Crippen molar-refractivity contribution >= 4 is 23.2 Å². The first-order valence-electron chi connectivity index (χ1n) is 7.14. The van der Waals surface area contributed by atoms with E-state index in [1.807, 2.05) is 12.3 Å². The maximum Gasteiger partial charge on any atom is 0.143 e. The number of piperazine rings is 1. The SMILES string of the molecule is Fc1ccc(CN2CCNCC2c2cccnc2)c(Cl)c1Cl. The van der Waals surface area contributed by atoms with Crippen molar-refractivity contribution in [1.29, 1.82) is 0 Å². The Morgan fingerprint density at radius 2 is 2.14 bits per heavy atom. The molecule has 1 unspecified atom stereocenters. The van der Waals surface area contributed by atoms with Crippen LogP contribution in [-0.2, 0) is 6.54 Å². The van der Waals surface area contributed by atoms with Gasteiger partial charge in [0.1, 0.15) is 5.82 Å². The largest absolute Gasteiger partial charge is 0.314 e. The monoisotopic (exact) mass is 339 g/mol. The molecule has 1 aliphatic rings. The lowest BCUT2D eigenvalue weighted by molar-refractivity contribution is 0.153. The fourth-order valence-corrected chi connectivity index (χ4v) is 3.14. The molecule has 1 aliphatic heterocycles. The van der Waals surface area contributed by atoms with E-state index < -0.39 is 5.82 Å². The zero-order valence-corrected chi connectivity index (χ0v) is 13.4. The van der Waals surface area contributed by atoms with Gasteiger partial charge in [0.05, 0.1) is 10.0 Å². The van der Waals surface area contributed by atoms with Crippen LogP contribution in [0.25, 0.3) is 0 Å². The zero-order valence-electron chi connectivity index (χ0n) is 11.9. The number of nitrogens with zero attached hydrogens (tertiary/aromatic N) is 2. The maximum absolute atomic E-state index is 13.4. The second-order valence-corrected chi connectivity index (χ2v) is 6.07. The van der Waals surface area contributed by atoms with Crippen LogP contribution in [0.5, 0.6) is 0 Å². The molecular weight excluding hydrogens is 324 g/mol. The Balaban J connectivity index is 1.85. The number of hydrogen-bond acceptors (Lipinski definition) is 3. The molecule has 1 saturated heterocycles. The molecule has 22 heavy (non-hydrogen) atoms. The molecular formula is C16H16Cl2FN3. The molecule has 0 radical (unpaired) electrons. The molecule has 0 bridgehead atoms. The number of nitrogens with one attached hydrogen (secondary N) is 1. The number of hydrogen-bond donors (Lipinski definition) is 1. The van der Waals surface area contributed by atoms with E-state index in [9.17, 15) is 4.39 Å². The molecule has 0 saturated carbocycles. The summed E-state index contributed by atoms with van der Waals surface area (Å²) in [6.45, 7) is 3.26. The predicted molar refractivity (Wildman–Crippen MR) is 86.7 cm³/mol. The summed E-state index contributed by atoms with van der Waals surface area (Å²) in [7, 11) is 0. The second-order valence-electron chi connectivity index (χ2n) is 5.31. The first kappa shape index (κ1) is 15.7. The fourth-order valence-electron chi connectivity index (χ4n) is 2.74. The third kappa shape index (κ3) is 3.25. The summed E-state index contributed by atoms with van der Waals surface area (Å²) in [5.41, 5.74) is 1.99. The van der Waals surface area contributed by atoms with Crippen molar-refractivity contribution in [2.45, 2.75) is 12.6 Å². The van der Waals surface area contributed by atoms with Gasteiger partial charge in [-0.3, -0.25) is 9.88 Å². The Bertz CT molecular complexity index is 651. The molecule has 1 aromatic carbocycles. The van der Waals surface area contributed by atoms with Crippen LogP contribution in [0.15, 0.2) is 36.7 Å². The zero-order chi connectivity index (χ0) is 15.5. The summed E-state index contributed by atoms with van der Waals surface area (Å²) in [4.78, 5) is 6.50. The molecule has 1 N–H and O–H groups in total. The van der Waals surface area contributed by atoms with Gasteiger partial charge in [0.15, 0.2) is 0 Å². The van der Waals surface area contributed by atoms with Crippen LogP contribution in [0.2, 0.25) is 10.0 Å². The van der Waals surface area contributed by atoms with Gasteiger partial charge in [0.2, 0.25) is 0 Å². The van der Waals surface area contributed by atoms with Crippen LogP contribution in [0, 0.1) is 5.82 Å². The van der Waals surface area contributed by atoms with Crippen LogP contribution in [-0.4, -0.2) is 29.5 Å². The Kier molecular flexibility index (Phi) is 4.93. The number of pyridine rings is 1. The van der Waals surface area contributed by atoms with Crippen molar-refractivity contribution in [3.63, 3.8) is 0 Å². The molecule has 0 spiro atoms. The topological polar surface area (TPSA) is 28.2 Å². The minimum Gasteiger partial charge on any atom is -0.314 e. The molecule has 0 aliphatic carbocycles. The van der Waals surface area contributed by atoms with Gasteiger partial charge in [-0.15, -0.1) is 0 Å². The molecule has 2 heterocycles. The molecule has 0 amide bonds. The average molecular weight is 340 g/mol. The van der Waals surface area contributed by atoms with E-state index in [4.69, 9.17) is 23.2 Å². The van der Waals surface area contributed by atoms with Crippen LogP contribution < -0.4 is 5.32 Å². The summed E-state index contributed by atoms with van der Waals surface area (Å²) >= 11 is 12.1. The lowest BCUT2D eigenvalue weighted by Gasteiger charge is -2.36. The Hall–Kier alpha value is -1.20. The van der Waals surface area contributed by atoms with Crippen LogP contribution >= 0.6 is 23.2 Å². The summed E-state index contributed by atoms with van der Waals surface area (Å²) < 4.78 is 13.4. The third-order valence-electron chi connectivity index (χ3n) is 3.91. The van der Waals surface area contributed by atoms with Crippen LogP contribution in [0.4, 0.5) is 4.39 Å². The molecule has 2 aromatic rings. The predicted octanol–water partition coefficient (Wildman–Crippen LogP) is 3.67. The van der Waals surface area contributed by atoms with Crippen LogP contribution in [0.3, 0.4) is 0 Å². The van der Waals surface area contributed by atoms with E-state index in [2.05, 4.69) is 21.3 Å². The van der Waals surface area contributed by atoms with Gasteiger partial charge < -0.3 is 5.32 Å². The van der Waals surface area contributed by atoms with E-state index >= 15 is 0 Å². The summed E-state index contributed by atoms with van der Waals surface area (Å²) in [6.07, 6.45) is 3.64. The highest BCUT2D eigenvalue weighted by Gasteiger charge is 2.25. The maximum atomic E-state index is 13.4. The van der Waals surface area contributed by atoms with E-state index in [0.717, 1.165) is 30.8 Å². The normalized spacial score (nSPS) is 19.3. The highest BCUT2D eigenvalue weighted by Crippen LogP contribution is 2.31. The molecule has 116 valence electrons. The summed E-state index contributed by atoms with van der Waals surface area (Å²) in [6, 6.07) is 7.28. The molecule has 3 nitrogen and oxygen atoms in total. The summed E-state index contributed by atoms with van der Waals surface area (Å²) in [5, 5.41) is 3.68. The van der Waals surface area contributed by atoms with Crippen molar-refractivity contribution in [2.75, 3.05) is 19.6 Å². The van der Waals surface area contributed by atoms with Crippen molar-refractivity contribution in [3.8, 4) is 0 Å². The van der Waals surface area contributed by atoms with Gasteiger partial charge in [-0.1, -0.05) is 35.3 Å². The van der Waals surface area contributed by atoms with E-state index in [0.29, 0.717) is 11.6 Å². The highest BCUT2D eigenvalue weighted by atomic mass is 35.5. The fraction of sp³-hybridized carbons (Fsp3) is 0.312. The van der Waals surface area contributed by atoms with Crippen LogP contribution in [0.1, 0.15) is 17.2 Å². The Labute approximate surface area is 139 Å². The Morgan fingerprint density at radius 3 is 2.91 bits per heavy atom. The summed E-state index contributed by atoms with van der Waals surface area (Å²) in [5.74, 6) is -0.487. The number of halogens is 3. The van der Waals surface area contributed by atoms with Gasteiger partial charge in [0.25, 0.3) is 0 Å². The van der Waals surface area contributed by atoms with Crippen molar-refractivity contribution in [2.24, 2.45) is 0 Å². The number of rotatable bonds is 3. The quantitative estimate of drug-likeness (QED) is 0.864. The molecule has 6 heteroatoms. The van der Waals surface area contributed by atoms with Gasteiger partial charge in [0, 0.05) is 44.6 Å². The lowest BCUT2D eigenvalue weighted by Crippen LogP contribution is -2.45. The number of aromatic nitrogens is 1. The first-order valence-corrected chi connectivity index (χ1v) is 7.89. The van der Waals surface area contributed by atoms with Crippen molar-refractivity contribution in [1.82, 2.24) is 15.2 Å². The lowest BCUT2D eigenvalue weighted by atomic mass is 10.0. The first-order chi connectivity index (χ1) is 10.7. The van der Waals surface area contributed by atoms with Gasteiger partial charge in [-0.2, -0.15) is 0 Å². The average Bonchev–Trinajstić information content (AvgIpc) is 2.57. The smallest absolute Gasteiger partial charge is 0.143 e. The molecule has 1 atom stereocenters. The van der Waals surface area contributed by atoms with Gasteiger partial charge >= 0.3 is 0 Å². The number of benzene rings is 1. The molecule has 1 fully saturated rings. The van der Waals surface area contributed by atoms with Gasteiger partial charge in [-0.05, 0) is 23.3 Å². The molecule has 1 aromatic heterocycles. The Morgan fingerprint density at radius 1 is 1.27 bits per heavy atom. The third-order valence-corrected chi connectivity index (χ3v) is 4.81. The van der Waals surface area contributed by atoms with Gasteiger partial charge in [-0.25, -0.2) is 4.39 Å². The standard InChI is InChI=1S/C16H16Cl2FN3/c17-15-12(3-4-13(19)16(15)18)10-22-7-6-21-9-14(22)11-2-1-5-20-8-11/h1-5,8,14,21H,6-7,9-10H2. The van der Waals surface area contributed by atoms with E-state index in [-0.39, 0.29) is 11.1 Å². The van der Waals surface area contributed by atoms with Crippen molar-refractivity contribution in [3.05, 3.63) is 63.6 Å².